The summed E-state index contributed by atoms with van der Waals surface area (Å²) in [7, 11) is 0. The molecular weight excluding hydrogens is 332 g/mol. The van der Waals surface area contributed by atoms with E-state index in [9.17, 15) is 9.59 Å². The quantitative estimate of drug-likeness (QED) is 0.828. The lowest BCUT2D eigenvalue weighted by Crippen LogP contribution is -2.50. The summed E-state index contributed by atoms with van der Waals surface area (Å²) in [4.78, 5) is 28.8. The van der Waals surface area contributed by atoms with Gasteiger partial charge in [0.25, 0.3) is 5.91 Å². The molecule has 0 N–H and O–H groups in total. The van der Waals surface area contributed by atoms with Gasteiger partial charge in [-0.15, -0.1) is 0 Å². The number of ether oxygens (including phenoxy) is 2. The van der Waals surface area contributed by atoms with E-state index < -0.39 is 0 Å². The summed E-state index contributed by atoms with van der Waals surface area (Å²) in [5.41, 5.74) is 1.69. The number of benzene rings is 1. The molecule has 6 heteroatoms. The number of piperidine rings is 1. The summed E-state index contributed by atoms with van der Waals surface area (Å²) in [5, 5.41) is 0. The van der Waals surface area contributed by atoms with Crippen molar-refractivity contribution in [3.05, 3.63) is 35.4 Å². The Labute approximate surface area is 154 Å². The standard InChI is InChI=1S/C20H26N2O4/c23-18-8-4-9-21(18)14-15-5-3-6-16(13-15)19(24)22-10-2-1-7-17(22)20-25-11-12-26-20/h3,5-6,13,17,20H,1-2,4,7-12,14H2. The Morgan fingerprint density at radius 2 is 1.96 bits per heavy atom. The van der Waals surface area contributed by atoms with Gasteiger partial charge in [-0.25, -0.2) is 0 Å². The van der Waals surface area contributed by atoms with E-state index in [0.29, 0.717) is 31.7 Å². The van der Waals surface area contributed by atoms with Crippen molar-refractivity contribution in [3.8, 4) is 0 Å². The Kier molecular flexibility index (Phi) is 5.22. The van der Waals surface area contributed by atoms with Crippen LogP contribution in [-0.2, 0) is 20.8 Å². The van der Waals surface area contributed by atoms with Gasteiger partial charge in [-0.3, -0.25) is 9.59 Å². The molecule has 0 radical (unpaired) electrons. The third-order valence-corrected chi connectivity index (χ3v) is 5.49. The number of hydrogen-bond donors (Lipinski definition) is 0. The molecule has 0 aromatic heterocycles. The van der Waals surface area contributed by atoms with Crippen LogP contribution in [0.5, 0.6) is 0 Å². The van der Waals surface area contributed by atoms with Gasteiger partial charge in [0.1, 0.15) is 0 Å². The van der Waals surface area contributed by atoms with E-state index in [-0.39, 0.29) is 24.1 Å². The maximum Gasteiger partial charge on any atom is 0.254 e. The second-order valence-electron chi connectivity index (χ2n) is 7.29. The summed E-state index contributed by atoms with van der Waals surface area (Å²) < 4.78 is 11.3. The number of nitrogens with zero attached hydrogens (tertiary/aromatic N) is 2. The third kappa shape index (κ3) is 3.62. The minimum absolute atomic E-state index is 0.0115. The highest BCUT2D eigenvalue weighted by atomic mass is 16.7. The van der Waals surface area contributed by atoms with Crippen molar-refractivity contribution in [2.24, 2.45) is 0 Å². The molecule has 3 aliphatic rings. The number of carbonyl (C=O) groups excluding carboxylic acids is 2. The summed E-state index contributed by atoms with van der Waals surface area (Å²) >= 11 is 0. The largest absolute Gasteiger partial charge is 0.348 e. The van der Waals surface area contributed by atoms with Gasteiger partial charge in [0, 0.05) is 31.6 Å². The van der Waals surface area contributed by atoms with E-state index in [1.165, 1.54) is 0 Å². The fourth-order valence-electron chi connectivity index (χ4n) is 4.15. The van der Waals surface area contributed by atoms with Crippen LogP contribution in [0, 0.1) is 0 Å². The van der Waals surface area contributed by atoms with Crippen LogP contribution in [0.1, 0.15) is 48.0 Å². The van der Waals surface area contributed by atoms with Gasteiger partial charge in [0.2, 0.25) is 5.91 Å². The maximum absolute atomic E-state index is 13.2. The van der Waals surface area contributed by atoms with E-state index in [0.717, 1.165) is 44.3 Å². The van der Waals surface area contributed by atoms with Crippen LogP contribution in [0.2, 0.25) is 0 Å². The van der Waals surface area contributed by atoms with Crippen molar-refractivity contribution in [3.63, 3.8) is 0 Å². The molecule has 3 fully saturated rings. The second-order valence-corrected chi connectivity index (χ2v) is 7.29. The van der Waals surface area contributed by atoms with Gasteiger partial charge in [-0.05, 0) is 43.4 Å². The topological polar surface area (TPSA) is 59.1 Å². The normalized spacial score (nSPS) is 24.5. The summed E-state index contributed by atoms with van der Waals surface area (Å²) in [6.45, 7) is 3.33. The lowest BCUT2D eigenvalue weighted by Gasteiger charge is -2.38. The molecule has 0 aliphatic carbocycles. The third-order valence-electron chi connectivity index (χ3n) is 5.49. The second kappa shape index (κ2) is 7.76. The molecule has 6 nitrogen and oxygen atoms in total. The first-order valence-electron chi connectivity index (χ1n) is 9.63. The molecule has 1 aromatic rings. The van der Waals surface area contributed by atoms with Crippen molar-refractivity contribution < 1.29 is 19.1 Å². The van der Waals surface area contributed by atoms with Crippen molar-refractivity contribution in [1.82, 2.24) is 9.80 Å². The molecule has 0 saturated carbocycles. The Balaban J connectivity index is 1.49. The van der Waals surface area contributed by atoms with E-state index >= 15 is 0 Å². The van der Waals surface area contributed by atoms with E-state index in [1.54, 1.807) is 0 Å². The van der Waals surface area contributed by atoms with Crippen LogP contribution < -0.4 is 0 Å². The lowest BCUT2D eigenvalue weighted by molar-refractivity contribution is -0.128. The van der Waals surface area contributed by atoms with E-state index in [1.807, 2.05) is 34.1 Å². The average molecular weight is 358 g/mol. The first-order valence-corrected chi connectivity index (χ1v) is 9.63. The Morgan fingerprint density at radius 1 is 1.12 bits per heavy atom. The molecular formula is C20H26N2O4. The molecule has 2 amide bonds. The number of carbonyl (C=O) groups is 2. The van der Waals surface area contributed by atoms with Crippen LogP contribution in [-0.4, -0.2) is 60.2 Å². The summed E-state index contributed by atoms with van der Waals surface area (Å²) in [6.07, 6.45) is 4.28. The predicted octanol–water partition coefficient (Wildman–Crippen LogP) is 2.18. The van der Waals surface area contributed by atoms with Crippen molar-refractivity contribution in [2.75, 3.05) is 26.3 Å². The van der Waals surface area contributed by atoms with Crippen LogP contribution in [0.15, 0.2) is 24.3 Å². The SMILES string of the molecule is O=C1CCCN1Cc1cccc(C(=O)N2CCCCC2C2OCCO2)c1. The molecule has 140 valence electrons. The highest BCUT2D eigenvalue weighted by Crippen LogP contribution is 2.26. The van der Waals surface area contributed by atoms with Crippen LogP contribution in [0.4, 0.5) is 0 Å². The lowest BCUT2D eigenvalue weighted by atomic mass is 9.99. The minimum atomic E-state index is -0.301. The van der Waals surface area contributed by atoms with Gasteiger partial charge in [-0.2, -0.15) is 0 Å². The number of hydrogen-bond acceptors (Lipinski definition) is 4. The van der Waals surface area contributed by atoms with Gasteiger partial charge >= 0.3 is 0 Å². The molecule has 1 aromatic carbocycles. The zero-order valence-electron chi connectivity index (χ0n) is 15.1. The molecule has 4 rings (SSSR count). The molecule has 3 saturated heterocycles. The monoisotopic (exact) mass is 358 g/mol. The Bertz CT molecular complexity index is 672. The summed E-state index contributed by atoms with van der Waals surface area (Å²) in [6, 6.07) is 7.67. The predicted molar refractivity (Wildman–Crippen MR) is 95.5 cm³/mol. The number of likely N-dealkylation sites (tertiary alicyclic amines) is 2. The zero-order valence-corrected chi connectivity index (χ0v) is 15.1. The Morgan fingerprint density at radius 3 is 2.73 bits per heavy atom. The fraction of sp³-hybridized carbons (Fsp3) is 0.600. The smallest absolute Gasteiger partial charge is 0.254 e. The van der Waals surface area contributed by atoms with E-state index in [4.69, 9.17) is 9.47 Å². The molecule has 1 unspecified atom stereocenters. The first-order chi connectivity index (χ1) is 12.7. The molecule has 26 heavy (non-hydrogen) atoms. The Hall–Kier alpha value is -1.92. The molecule has 1 atom stereocenters. The summed E-state index contributed by atoms with van der Waals surface area (Å²) in [5.74, 6) is 0.233. The van der Waals surface area contributed by atoms with E-state index in [2.05, 4.69) is 0 Å². The number of amides is 2. The van der Waals surface area contributed by atoms with Crippen LogP contribution in [0.3, 0.4) is 0 Å². The average Bonchev–Trinajstić information content (AvgIpc) is 3.34. The minimum Gasteiger partial charge on any atom is -0.348 e. The van der Waals surface area contributed by atoms with Crippen LogP contribution >= 0.6 is 0 Å². The van der Waals surface area contributed by atoms with Gasteiger partial charge < -0.3 is 19.3 Å². The molecule has 3 aliphatic heterocycles. The maximum atomic E-state index is 13.2. The first kappa shape index (κ1) is 17.5. The number of rotatable bonds is 4. The van der Waals surface area contributed by atoms with Crippen molar-refractivity contribution in [1.29, 1.82) is 0 Å². The van der Waals surface area contributed by atoms with Crippen molar-refractivity contribution in [2.45, 2.75) is 51.0 Å². The molecule has 0 bridgehead atoms. The van der Waals surface area contributed by atoms with Gasteiger partial charge in [0.15, 0.2) is 6.29 Å². The fourth-order valence-corrected chi connectivity index (χ4v) is 4.15. The van der Waals surface area contributed by atoms with Gasteiger partial charge in [-0.1, -0.05) is 12.1 Å². The van der Waals surface area contributed by atoms with Crippen molar-refractivity contribution >= 4 is 11.8 Å². The highest BCUT2D eigenvalue weighted by molar-refractivity contribution is 5.94. The van der Waals surface area contributed by atoms with Crippen LogP contribution in [0.25, 0.3) is 0 Å². The molecule has 0 spiro atoms. The van der Waals surface area contributed by atoms with Gasteiger partial charge in [0.05, 0.1) is 19.3 Å². The highest BCUT2D eigenvalue weighted by Gasteiger charge is 2.36. The molecule has 3 heterocycles. The zero-order chi connectivity index (χ0) is 17.9.